The Morgan fingerprint density at radius 3 is 3.00 bits per heavy atom. The van der Waals surface area contributed by atoms with Gasteiger partial charge in [0.25, 0.3) is 0 Å². The lowest BCUT2D eigenvalue weighted by Gasteiger charge is -1.96. The lowest BCUT2D eigenvalue weighted by Crippen LogP contribution is -1.89. The van der Waals surface area contributed by atoms with Crippen molar-refractivity contribution in [2.75, 3.05) is 0 Å². The molecule has 54 valence electrons. The zero-order valence-corrected chi connectivity index (χ0v) is 7.72. The second kappa shape index (κ2) is 3.54. The summed E-state index contributed by atoms with van der Waals surface area (Å²) in [4.78, 5) is 4.01. The maximum Gasteiger partial charge on any atom is 0.123 e. The average Bonchev–Trinajstić information content (AvgIpc) is 2.05. The first-order valence-electron chi connectivity index (χ1n) is 3.32. The van der Waals surface area contributed by atoms with E-state index in [0.29, 0.717) is 10.2 Å². The normalized spacial score (nSPS) is 9.09. The van der Waals surface area contributed by atoms with Gasteiger partial charge in [-0.05, 0) is 27.6 Å². The first kappa shape index (κ1) is 8.28. The summed E-state index contributed by atoms with van der Waals surface area (Å²) in [6.45, 7) is 0. The van der Waals surface area contributed by atoms with E-state index in [1.54, 1.807) is 6.20 Å². The number of nitrogens with zero attached hydrogens (tertiary/aromatic N) is 2. The minimum atomic E-state index is 0.601. The quantitative estimate of drug-likeness (QED) is 0.507. The number of aromatic nitrogens is 1. The van der Waals surface area contributed by atoms with E-state index >= 15 is 0 Å². The fourth-order valence-electron chi connectivity index (χ4n) is 0.763. The Balaban J connectivity index is 3.15. The van der Waals surface area contributed by atoms with Gasteiger partial charge < -0.3 is 0 Å². The molecule has 0 N–H and O–H groups in total. The molecule has 1 aromatic heterocycles. The number of hydrogen-bond donors (Lipinski definition) is 0. The first-order valence-corrected chi connectivity index (χ1v) is 4.11. The molecule has 0 atom stereocenters. The topological polar surface area (TPSA) is 36.7 Å². The van der Waals surface area contributed by atoms with Crippen molar-refractivity contribution < 1.29 is 0 Å². The third-order valence-corrected chi connectivity index (χ3v) is 2.06. The summed E-state index contributed by atoms with van der Waals surface area (Å²) in [5, 5.41) is 8.62. The van der Waals surface area contributed by atoms with E-state index in [9.17, 15) is 0 Å². The maximum absolute atomic E-state index is 8.62. The smallest absolute Gasteiger partial charge is 0.123 e. The van der Waals surface area contributed by atoms with Crippen LogP contribution in [0.25, 0.3) is 0 Å². The van der Waals surface area contributed by atoms with Crippen LogP contribution < -0.4 is 0 Å². The van der Waals surface area contributed by atoms with Crippen LogP contribution in [0.1, 0.15) is 11.1 Å². The van der Waals surface area contributed by atoms with E-state index in [4.69, 9.17) is 5.26 Å². The Hall–Kier alpha value is -0.815. The molecule has 0 aliphatic rings. The lowest BCUT2D eigenvalue weighted by atomic mass is 9.98. The molecule has 11 heavy (non-hydrogen) atoms. The molecule has 2 nitrogen and oxygen atoms in total. The van der Waals surface area contributed by atoms with Crippen molar-refractivity contribution in [2.24, 2.45) is 0 Å². The highest BCUT2D eigenvalue weighted by Gasteiger charge is 1.99. The van der Waals surface area contributed by atoms with Gasteiger partial charge in [-0.2, -0.15) is 5.26 Å². The largest absolute Gasteiger partial charge is 0.248 e. The molecule has 0 aliphatic heterocycles. The highest BCUT2D eigenvalue weighted by molar-refractivity contribution is 9.10. The average molecular weight is 209 g/mol. The van der Waals surface area contributed by atoms with Gasteiger partial charge in [0.1, 0.15) is 18.5 Å². The van der Waals surface area contributed by atoms with Crippen LogP contribution in [0.2, 0.25) is 0 Å². The second-order valence-corrected chi connectivity index (χ2v) is 2.90. The second-order valence-electron chi connectivity index (χ2n) is 2.15. The van der Waals surface area contributed by atoms with Crippen molar-refractivity contribution in [3.8, 4) is 6.07 Å². The van der Waals surface area contributed by atoms with E-state index in [1.807, 2.05) is 13.9 Å². The molecule has 0 unspecified atom stereocenters. The molecule has 4 heteroatoms. The number of pyridine rings is 1. The van der Waals surface area contributed by atoms with Gasteiger partial charge in [-0.3, -0.25) is 0 Å². The van der Waals surface area contributed by atoms with Crippen LogP contribution in [0.4, 0.5) is 0 Å². The molecule has 0 fully saturated rings. The molecule has 1 aromatic rings. The van der Waals surface area contributed by atoms with Crippen LogP contribution in [-0.4, -0.2) is 12.8 Å². The van der Waals surface area contributed by atoms with Crippen molar-refractivity contribution in [3.05, 3.63) is 28.0 Å². The van der Waals surface area contributed by atoms with Crippen molar-refractivity contribution in [1.29, 1.82) is 5.26 Å². The van der Waals surface area contributed by atoms with E-state index in [0.717, 1.165) is 11.9 Å². The Morgan fingerprint density at radius 1 is 1.73 bits per heavy atom. The number of hydrogen-bond acceptors (Lipinski definition) is 2. The minimum absolute atomic E-state index is 0.601. The van der Waals surface area contributed by atoms with E-state index in [2.05, 4.69) is 27.0 Å². The molecule has 0 bridgehead atoms. The van der Waals surface area contributed by atoms with Crippen molar-refractivity contribution in [2.45, 2.75) is 6.32 Å². The standard InChI is InChI=1S/C7H6BBrN2/c8-2-5-1-6(3-10)7(9)11-4-5/h1,4H,2,8H2. The summed E-state index contributed by atoms with van der Waals surface area (Å²) in [5.41, 5.74) is 1.69. The predicted molar refractivity (Wildman–Crippen MR) is 48.9 cm³/mol. The van der Waals surface area contributed by atoms with Crippen LogP contribution >= 0.6 is 15.9 Å². The summed E-state index contributed by atoms with van der Waals surface area (Å²) in [6, 6.07) is 3.90. The van der Waals surface area contributed by atoms with Gasteiger partial charge in [0.15, 0.2) is 0 Å². The Kier molecular flexibility index (Phi) is 2.67. The van der Waals surface area contributed by atoms with Gasteiger partial charge in [-0.1, -0.05) is 6.32 Å². The van der Waals surface area contributed by atoms with E-state index < -0.39 is 0 Å². The third kappa shape index (κ3) is 1.81. The minimum Gasteiger partial charge on any atom is -0.248 e. The molecule has 0 spiro atoms. The molecule has 0 aromatic carbocycles. The van der Waals surface area contributed by atoms with Crippen molar-refractivity contribution in [3.63, 3.8) is 0 Å². The number of halogens is 1. The molecule has 0 radical (unpaired) electrons. The molecule has 0 aliphatic carbocycles. The number of rotatable bonds is 1. The van der Waals surface area contributed by atoms with Crippen molar-refractivity contribution in [1.82, 2.24) is 4.98 Å². The molecular weight excluding hydrogens is 203 g/mol. The van der Waals surface area contributed by atoms with Crippen LogP contribution in [0, 0.1) is 11.3 Å². The van der Waals surface area contributed by atoms with Gasteiger partial charge in [-0.25, -0.2) is 4.98 Å². The van der Waals surface area contributed by atoms with Gasteiger partial charge in [0.05, 0.1) is 5.56 Å². The summed E-state index contributed by atoms with van der Waals surface area (Å²) < 4.78 is 0.622. The lowest BCUT2D eigenvalue weighted by molar-refractivity contribution is 1.19. The fourth-order valence-corrected chi connectivity index (χ4v) is 1.07. The van der Waals surface area contributed by atoms with Crippen LogP contribution in [-0.2, 0) is 6.32 Å². The summed E-state index contributed by atoms with van der Waals surface area (Å²) in [7, 11) is 2.03. The third-order valence-electron chi connectivity index (χ3n) is 1.42. The zero-order valence-electron chi connectivity index (χ0n) is 6.13. The summed E-state index contributed by atoms with van der Waals surface area (Å²) in [6.07, 6.45) is 2.68. The molecule has 0 amide bonds. The van der Waals surface area contributed by atoms with Crippen LogP contribution in [0.3, 0.4) is 0 Å². The van der Waals surface area contributed by atoms with Crippen LogP contribution in [0.15, 0.2) is 16.9 Å². The summed E-state index contributed by atoms with van der Waals surface area (Å²) in [5.74, 6) is 0. The first-order chi connectivity index (χ1) is 5.27. The Bertz CT molecular complexity index is 306. The molecular formula is C7H6BBrN2. The summed E-state index contributed by atoms with van der Waals surface area (Å²) >= 11 is 3.19. The molecule has 1 rings (SSSR count). The Morgan fingerprint density at radius 2 is 2.45 bits per heavy atom. The van der Waals surface area contributed by atoms with Crippen LogP contribution in [0.5, 0.6) is 0 Å². The Labute approximate surface area is 74.8 Å². The van der Waals surface area contributed by atoms with Gasteiger partial charge in [0, 0.05) is 6.20 Å². The fraction of sp³-hybridized carbons (Fsp3) is 0.143. The van der Waals surface area contributed by atoms with Crippen molar-refractivity contribution >= 4 is 23.8 Å². The van der Waals surface area contributed by atoms with E-state index in [1.165, 1.54) is 0 Å². The van der Waals surface area contributed by atoms with Gasteiger partial charge in [0.2, 0.25) is 0 Å². The monoisotopic (exact) mass is 208 g/mol. The number of nitriles is 1. The van der Waals surface area contributed by atoms with E-state index in [-0.39, 0.29) is 0 Å². The van der Waals surface area contributed by atoms with Gasteiger partial charge in [-0.15, -0.1) is 0 Å². The molecule has 1 heterocycles. The zero-order chi connectivity index (χ0) is 8.27. The molecule has 0 saturated carbocycles. The van der Waals surface area contributed by atoms with Gasteiger partial charge >= 0.3 is 0 Å². The predicted octanol–water partition coefficient (Wildman–Crippen LogP) is 0.849. The molecule has 0 saturated heterocycles. The SMILES string of the molecule is BCc1cnc(Br)c(C#N)c1. The highest BCUT2D eigenvalue weighted by atomic mass is 79.9. The maximum atomic E-state index is 8.62. The highest BCUT2D eigenvalue weighted by Crippen LogP contribution is 2.13.